The van der Waals surface area contributed by atoms with E-state index in [-0.39, 0.29) is 5.91 Å². The third kappa shape index (κ3) is 6.89. The van der Waals surface area contributed by atoms with Crippen molar-refractivity contribution in [2.45, 2.75) is 45.4 Å². The van der Waals surface area contributed by atoms with Gasteiger partial charge in [-0.3, -0.25) is 4.79 Å². The van der Waals surface area contributed by atoms with Gasteiger partial charge in [-0.15, -0.1) is 0 Å². The van der Waals surface area contributed by atoms with E-state index in [0.717, 1.165) is 12.1 Å². The molecule has 0 aliphatic heterocycles. The van der Waals surface area contributed by atoms with Crippen LogP contribution in [0.15, 0.2) is 42.5 Å². The van der Waals surface area contributed by atoms with Crippen molar-refractivity contribution in [1.29, 1.82) is 0 Å². The number of nitrogens with one attached hydrogen (secondary N) is 1. The van der Waals surface area contributed by atoms with E-state index in [1.54, 1.807) is 6.08 Å². The summed E-state index contributed by atoms with van der Waals surface area (Å²) in [6.07, 6.45) is 10.9. The minimum Gasteiger partial charge on any atom is -0.323 e. The molecule has 0 saturated carbocycles. The molecule has 18 heavy (non-hydrogen) atoms. The van der Waals surface area contributed by atoms with E-state index < -0.39 is 0 Å². The van der Waals surface area contributed by atoms with Crippen molar-refractivity contribution < 1.29 is 4.79 Å². The fourth-order valence-electron chi connectivity index (χ4n) is 1.76. The Bertz CT molecular complexity index is 357. The summed E-state index contributed by atoms with van der Waals surface area (Å²) in [4.78, 5) is 11.5. The average Bonchev–Trinajstić information content (AvgIpc) is 2.39. The first-order chi connectivity index (χ1) is 8.83. The van der Waals surface area contributed by atoms with E-state index in [1.807, 2.05) is 36.4 Å². The highest BCUT2D eigenvalue weighted by Crippen LogP contribution is 2.06. The second kappa shape index (κ2) is 9.46. The minimum atomic E-state index is -0.0465. The minimum absolute atomic E-state index is 0.0465. The Labute approximate surface area is 110 Å². The maximum absolute atomic E-state index is 11.5. The van der Waals surface area contributed by atoms with Crippen molar-refractivity contribution >= 4 is 11.6 Å². The first kappa shape index (κ1) is 14.5. The summed E-state index contributed by atoms with van der Waals surface area (Å²) in [7, 11) is 0. The van der Waals surface area contributed by atoms with Gasteiger partial charge in [0, 0.05) is 5.69 Å². The van der Waals surface area contributed by atoms with Crippen LogP contribution in [0.5, 0.6) is 0 Å². The second-order valence-electron chi connectivity index (χ2n) is 4.46. The Morgan fingerprint density at radius 2 is 1.83 bits per heavy atom. The van der Waals surface area contributed by atoms with Crippen molar-refractivity contribution in [2.24, 2.45) is 0 Å². The summed E-state index contributed by atoms with van der Waals surface area (Å²) in [5.41, 5.74) is 0.843. The SMILES string of the molecule is CCCCCCC/C=C/C(=O)Nc1ccccc1. The molecule has 0 aliphatic carbocycles. The van der Waals surface area contributed by atoms with Crippen LogP contribution in [0.2, 0.25) is 0 Å². The van der Waals surface area contributed by atoms with E-state index >= 15 is 0 Å². The number of para-hydroxylation sites is 1. The maximum Gasteiger partial charge on any atom is 0.248 e. The number of allylic oxidation sites excluding steroid dienone is 1. The number of amides is 1. The topological polar surface area (TPSA) is 29.1 Å². The molecule has 0 radical (unpaired) electrons. The van der Waals surface area contributed by atoms with Gasteiger partial charge in [-0.1, -0.05) is 56.9 Å². The molecule has 0 bridgehead atoms. The van der Waals surface area contributed by atoms with Crippen molar-refractivity contribution in [2.75, 3.05) is 5.32 Å². The third-order valence-corrected chi connectivity index (χ3v) is 2.78. The number of anilines is 1. The number of benzene rings is 1. The summed E-state index contributed by atoms with van der Waals surface area (Å²) in [5, 5.41) is 2.83. The second-order valence-corrected chi connectivity index (χ2v) is 4.46. The van der Waals surface area contributed by atoms with Crippen LogP contribution in [0.1, 0.15) is 45.4 Å². The van der Waals surface area contributed by atoms with Crippen LogP contribution in [-0.4, -0.2) is 5.91 Å². The molecular formula is C16H23NO. The zero-order valence-electron chi connectivity index (χ0n) is 11.2. The molecule has 0 fully saturated rings. The molecule has 0 atom stereocenters. The largest absolute Gasteiger partial charge is 0.323 e. The molecule has 98 valence electrons. The van der Waals surface area contributed by atoms with Gasteiger partial charge in [0.15, 0.2) is 0 Å². The first-order valence-corrected chi connectivity index (χ1v) is 6.85. The van der Waals surface area contributed by atoms with Gasteiger partial charge in [0.05, 0.1) is 0 Å². The lowest BCUT2D eigenvalue weighted by molar-refractivity contribution is -0.111. The quantitative estimate of drug-likeness (QED) is 0.528. The lowest BCUT2D eigenvalue weighted by Gasteiger charge is -2.00. The summed E-state index contributed by atoms with van der Waals surface area (Å²) in [6, 6.07) is 9.52. The predicted octanol–water partition coefficient (Wildman–Crippen LogP) is 4.54. The van der Waals surface area contributed by atoms with Crippen molar-refractivity contribution in [3.8, 4) is 0 Å². The van der Waals surface area contributed by atoms with Gasteiger partial charge in [0.1, 0.15) is 0 Å². The molecule has 0 spiro atoms. The van der Waals surface area contributed by atoms with Gasteiger partial charge < -0.3 is 5.32 Å². The highest BCUT2D eigenvalue weighted by Gasteiger charge is 1.95. The van der Waals surface area contributed by atoms with Gasteiger partial charge in [-0.25, -0.2) is 0 Å². The zero-order valence-corrected chi connectivity index (χ0v) is 11.2. The van der Waals surface area contributed by atoms with Crippen LogP contribution in [-0.2, 0) is 4.79 Å². The molecule has 2 nitrogen and oxygen atoms in total. The number of rotatable bonds is 8. The van der Waals surface area contributed by atoms with Crippen LogP contribution in [0.25, 0.3) is 0 Å². The molecule has 0 saturated heterocycles. The molecule has 1 amide bonds. The average molecular weight is 245 g/mol. The number of unbranched alkanes of at least 4 members (excludes halogenated alkanes) is 5. The maximum atomic E-state index is 11.5. The van der Waals surface area contributed by atoms with Crippen LogP contribution in [0.3, 0.4) is 0 Å². The molecule has 0 unspecified atom stereocenters. The van der Waals surface area contributed by atoms with Crippen molar-refractivity contribution in [3.63, 3.8) is 0 Å². The normalized spacial score (nSPS) is 10.7. The third-order valence-electron chi connectivity index (χ3n) is 2.78. The molecule has 1 aromatic rings. The zero-order chi connectivity index (χ0) is 13.1. The summed E-state index contributed by atoms with van der Waals surface area (Å²) in [6.45, 7) is 2.22. The monoisotopic (exact) mass is 245 g/mol. The number of hydrogen-bond donors (Lipinski definition) is 1. The van der Waals surface area contributed by atoms with Gasteiger partial charge >= 0.3 is 0 Å². The summed E-state index contributed by atoms with van der Waals surface area (Å²) >= 11 is 0. The Morgan fingerprint density at radius 1 is 1.11 bits per heavy atom. The number of carbonyl (C=O) groups excluding carboxylic acids is 1. The molecule has 2 heteroatoms. The van der Waals surface area contributed by atoms with Crippen molar-refractivity contribution in [3.05, 3.63) is 42.5 Å². The van der Waals surface area contributed by atoms with Gasteiger partial charge in [-0.2, -0.15) is 0 Å². The van der Waals surface area contributed by atoms with Crippen LogP contribution in [0.4, 0.5) is 5.69 Å². The highest BCUT2D eigenvalue weighted by atomic mass is 16.1. The van der Waals surface area contributed by atoms with Gasteiger partial charge in [0.25, 0.3) is 0 Å². The van der Waals surface area contributed by atoms with E-state index in [1.165, 1.54) is 32.1 Å². The Hall–Kier alpha value is -1.57. The predicted molar refractivity (Wildman–Crippen MR) is 77.6 cm³/mol. The number of hydrogen-bond acceptors (Lipinski definition) is 1. The lowest BCUT2D eigenvalue weighted by Crippen LogP contribution is -2.07. The van der Waals surface area contributed by atoms with E-state index in [4.69, 9.17) is 0 Å². The number of carbonyl (C=O) groups is 1. The molecule has 1 aromatic carbocycles. The molecule has 0 aliphatic rings. The summed E-state index contributed by atoms with van der Waals surface area (Å²) in [5.74, 6) is -0.0465. The van der Waals surface area contributed by atoms with Crippen molar-refractivity contribution in [1.82, 2.24) is 0 Å². The summed E-state index contributed by atoms with van der Waals surface area (Å²) < 4.78 is 0. The van der Waals surface area contributed by atoms with E-state index in [0.29, 0.717) is 0 Å². The molecule has 0 aromatic heterocycles. The fourth-order valence-corrected chi connectivity index (χ4v) is 1.76. The standard InChI is InChI=1S/C16H23NO/c1-2-3-4-5-6-7-11-14-16(18)17-15-12-9-8-10-13-15/h8-14H,2-7H2,1H3,(H,17,18)/b14-11+. The molecule has 1 rings (SSSR count). The van der Waals surface area contributed by atoms with Gasteiger partial charge in [0.2, 0.25) is 5.91 Å². The Balaban J connectivity index is 2.12. The highest BCUT2D eigenvalue weighted by molar-refractivity contribution is 5.99. The lowest BCUT2D eigenvalue weighted by atomic mass is 10.1. The van der Waals surface area contributed by atoms with Gasteiger partial charge in [-0.05, 0) is 31.1 Å². The first-order valence-electron chi connectivity index (χ1n) is 6.85. The van der Waals surface area contributed by atoms with E-state index in [2.05, 4.69) is 12.2 Å². The van der Waals surface area contributed by atoms with Crippen LogP contribution in [0, 0.1) is 0 Å². The molecule has 0 heterocycles. The molecular weight excluding hydrogens is 222 g/mol. The smallest absolute Gasteiger partial charge is 0.248 e. The van der Waals surface area contributed by atoms with Crippen LogP contribution >= 0.6 is 0 Å². The van der Waals surface area contributed by atoms with E-state index in [9.17, 15) is 4.79 Å². The Morgan fingerprint density at radius 3 is 2.56 bits per heavy atom. The Kier molecular flexibility index (Phi) is 7.61. The molecule has 1 N–H and O–H groups in total. The van der Waals surface area contributed by atoms with Crippen LogP contribution < -0.4 is 5.32 Å². The fraction of sp³-hybridized carbons (Fsp3) is 0.438.